The Morgan fingerprint density at radius 3 is 2.62 bits per heavy atom. The Labute approximate surface area is 176 Å². The summed E-state index contributed by atoms with van der Waals surface area (Å²) in [6.45, 7) is 5.57. The molecule has 1 saturated heterocycles. The highest BCUT2D eigenvalue weighted by Crippen LogP contribution is 2.25. The SMILES string of the molecule is CCOC(=O)C1CCN(Cc2nc3ccc(Cl)cc3n2Cc2ccccc2)CC1. The van der Waals surface area contributed by atoms with Crippen molar-refractivity contribution >= 4 is 28.6 Å². The number of nitrogens with zero attached hydrogens (tertiary/aromatic N) is 3. The Kier molecular flexibility index (Phi) is 6.16. The van der Waals surface area contributed by atoms with Gasteiger partial charge < -0.3 is 9.30 Å². The van der Waals surface area contributed by atoms with Gasteiger partial charge in [-0.3, -0.25) is 9.69 Å². The van der Waals surface area contributed by atoms with Gasteiger partial charge in [-0.05, 0) is 56.6 Å². The molecule has 0 spiro atoms. The van der Waals surface area contributed by atoms with E-state index < -0.39 is 0 Å². The molecule has 0 unspecified atom stereocenters. The van der Waals surface area contributed by atoms with E-state index >= 15 is 0 Å². The lowest BCUT2D eigenvalue weighted by atomic mass is 9.97. The van der Waals surface area contributed by atoms with Crippen LogP contribution in [0.25, 0.3) is 11.0 Å². The van der Waals surface area contributed by atoms with Crippen molar-refractivity contribution in [2.75, 3.05) is 19.7 Å². The predicted octanol–water partition coefficient (Wildman–Crippen LogP) is 4.51. The number of carbonyl (C=O) groups excluding carboxylic acids is 1. The van der Waals surface area contributed by atoms with E-state index in [0.717, 1.165) is 55.9 Å². The second kappa shape index (κ2) is 8.97. The molecule has 0 bridgehead atoms. The minimum Gasteiger partial charge on any atom is -0.466 e. The minimum atomic E-state index is -0.0573. The third-order valence-corrected chi connectivity index (χ3v) is 5.78. The van der Waals surface area contributed by atoms with Crippen molar-refractivity contribution in [1.29, 1.82) is 0 Å². The van der Waals surface area contributed by atoms with Crippen molar-refractivity contribution in [2.24, 2.45) is 5.92 Å². The molecule has 6 heteroatoms. The number of fused-ring (bicyclic) bond motifs is 1. The van der Waals surface area contributed by atoms with Gasteiger partial charge in [0.2, 0.25) is 0 Å². The van der Waals surface area contributed by atoms with Crippen LogP contribution in [0.15, 0.2) is 48.5 Å². The number of likely N-dealkylation sites (tertiary alicyclic amines) is 1. The Balaban J connectivity index is 1.54. The second-order valence-corrected chi connectivity index (χ2v) is 7.97. The number of esters is 1. The largest absolute Gasteiger partial charge is 0.466 e. The van der Waals surface area contributed by atoms with Crippen molar-refractivity contribution in [3.8, 4) is 0 Å². The van der Waals surface area contributed by atoms with Crippen LogP contribution >= 0.6 is 11.6 Å². The molecule has 1 aliphatic rings. The Bertz CT molecular complexity index is 978. The Morgan fingerprint density at radius 2 is 1.90 bits per heavy atom. The monoisotopic (exact) mass is 411 g/mol. The second-order valence-electron chi connectivity index (χ2n) is 7.54. The molecule has 2 aromatic carbocycles. The zero-order valence-corrected chi connectivity index (χ0v) is 17.4. The summed E-state index contributed by atoms with van der Waals surface area (Å²) in [7, 11) is 0. The fourth-order valence-corrected chi connectivity index (χ4v) is 4.16. The summed E-state index contributed by atoms with van der Waals surface area (Å²) in [5.41, 5.74) is 3.24. The van der Waals surface area contributed by atoms with E-state index in [0.29, 0.717) is 11.6 Å². The van der Waals surface area contributed by atoms with Crippen LogP contribution in [0.2, 0.25) is 5.02 Å². The molecule has 1 aliphatic heterocycles. The molecule has 1 aromatic heterocycles. The molecule has 0 amide bonds. The average Bonchev–Trinajstić information content (AvgIpc) is 3.06. The summed E-state index contributed by atoms with van der Waals surface area (Å²) in [4.78, 5) is 19.3. The zero-order valence-electron chi connectivity index (χ0n) is 16.7. The zero-order chi connectivity index (χ0) is 20.2. The van der Waals surface area contributed by atoms with Gasteiger partial charge >= 0.3 is 5.97 Å². The first-order valence-electron chi connectivity index (χ1n) is 10.2. The van der Waals surface area contributed by atoms with Gasteiger partial charge in [-0.25, -0.2) is 4.98 Å². The average molecular weight is 412 g/mol. The number of ether oxygens (including phenoxy) is 1. The molecule has 0 atom stereocenters. The smallest absolute Gasteiger partial charge is 0.309 e. The summed E-state index contributed by atoms with van der Waals surface area (Å²) in [5, 5.41) is 0.716. The molecule has 2 heterocycles. The van der Waals surface area contributed by atoms with Crippen molar-refractivity contribution < 1.29 is 9.53 Å². The van der Waals surface area contributed by atoms with Crippen molar-refractivity contribution in [3.05, 3.63) is 64.9 Å². The number of piperidine rings is 1. The van der Waals surface area contributed by atoms with Crippen molar-refractivity contribution in [2.45, 2.75) is 32.9 Å². The third kappa shape index (κ3) is 4.62. The van der Waals surface area contributed by atoms with Crippen LogP contribution in [0.1, 0.15) is 31.2 Å². The van der Waals surface area contributed by atoms with E-state index in [4.69, 9.17) is 21.3 Å². The molecule has 4 rings (SSSR count). The number of imidazole rings is 1. The first-order valence-corrected chi connectivity index (χ1v) is 10.6. The molecule has 1 fully saturated rings. The molecule has 29 heavy (non-hydrogen) atoms. The maximum absolute atomic E-state index is 12.0. The molecule has 0 aliphatic carbocycles. The van der Waals surface area contributed by atoms with Crippen LogP contribution in [-0.2, 0) is 22.6 Å². The maximum Gasteiger partial charge on any atom is 0.309 e. The van der Waals surface area contributed by atoms with Gasteiger partial charge in [0, 0.05) is 11.6 Å². The van der Waals surface area contributed by atoms with Crippen LogP contribution in [0.3, 0.4) is 0 Å². The lowest BCUT2D eigenvalue weighted by molar-refractivity contribution is -0.149. The van der Waals surface area contributed by atoms with Crippen LogP contribution in [0, 0.1) is 5.92 Å². The highest BCUT2D eigenvalue weighted by Gasteiger charge is 2.27. The minimum absolute atomic E-state index is 0.0214. The fraction of sp³-hybridized carbons (Fsp3) is 0.391. The molecule has 5 nitrogen and oxygen atoms in total. The lowest BCUT2D eigenvalue weighted by Gasteiger charge is -2.30. The van der Waals surface area contributed by atoms with Crippen LogP contribution in [0.4, 0.5) is 0 Å². The molecule has 152 valence electrons. The first kappa shape index (κ1) is 19.9. The standard InChI is InChI=1S/C23H26ClN3O2/c1-2-29-23(28)18-10-12-26(13-11-18)16-22-25-20-9-8-19(24)14-21(20)27(22)15-17-6-4-3-5-7-17/h3-9,14,18H,2,10-13,15-16H2,1H3. The topological polar surface area (TPSA) is 47.4 Å². The van der Waals surface area contributed by atoms with Gasteiger partial charge in [-0.2, -0.15) is 0 Å². The van der Waals surface area contributed by atoms with Crippen molar-refractivity contribution in [3.63, 3.8) is 0 Å². The summed E-state index contributed by atoms with van der Waals surface area (Å²) in [5.74, 6) is 0.993. The number of carbonyl (C=O) groups is 1. The van der Waals surface area contributed by atoms with Gasteiger partial charge in [0.15, 0.2) is 0 Å². The summed E-state index contributed by atoms with van der Waals surface area (Å²) in [6, 6.07) is 16.3. The number of hydrogen-bond donors (Lipinski definition) is 0. The predicted molar refractivity (Wildman–Crippen MR) is 115 cm³/mol. The molecule has 3 aromatic rings. The van der Waals surface area contributed by atoms with Crippen LogP contribution in [-0.4, -0.2) is 40.1 Å². The number of benzene rings is 2. The summed E-state index contributed by atoms with van der Waals surface area (Å²) < 4.78 is 7.44. The van der Waals surface area contributed by atoms with Gasteiger partial charge in [0.1, 0.15) is 5.82 Å². The van der Waals surface area contributed by atoms with E-state index in [1.165, 1.54) is 5.56 Å². The Morgan fingerprint density at radius 1 is 1.14 bits per heavy atom. The fourth-order valence-electron chi connectivity index (χ4n) is 4.00. The molecular formula is C23H26ClN3O2. The van der Waals surface area contributed by atoms with E-state index in [-0.39, 0.29) is 11.9 Å². The highest BCUT2D eigenvalue weighted by atomic mass is 35.5. The molecule has 0 saturated carbocycles. The number of rotatable bonds is 6. The molecule has 0 radical (unpaired) electrons. The number of halogens is 1. The maximum atomic E-state index is 12.0. The van der Waals surface area contributed by atoms with Gasteiger partial charge in [0.05, 0.1) is 30.1 Å². The van der Waals surface area contributed by atoms with E-state index in [1.807, 2.05) is 31.2 Å². The van der Waals surface area contributed by atoms with Crippen molar-refractivity contribution in [1.82, 2.24) is 14.5 Å². The van der Waals surface area contributed by atoms with Gasteiger partial charge in [0.25, 0.3) is 0 Å². The first-order chi connectivity index (χ1) is 14.1. The molecular weight excluding hydrogens is 386 g/mol. The lowest BCUT2D eigenvalue weighted by Crippen LogP contribution is -2.37. The molecule has 0 N–H and O–H groups in total. The van der Waals surface area contributed by atoms with Gasteiger partial charge in [-0.15, -0.1) is 0 Å². The van der Waals surface area contributed by atoms with Crippen LogP contribution in [0.5, 0.6) is 0 Å². The number of hydrogen-bond acceptors (Lipinski definition) is 4. The normalized spacial score (nSPS) is 15.7. The Hall–Kier alpha value is -2.37. The van der Waals surface area contributed by atoms with E-state index in [2.05, 4.69) is 33.7 Å². The summed E-state index contributed by atoms with van der Waals surface area (Å²) >= 11 is 6.27. The van der Waals surface area contributed by atoms with E-state index in [9.17, 15) is 4.79 Å². The quantitative estimate of drug-likeness (QED) is 0.560. The summed E-state index contributed by atoms with van der Waals surface area (Å²) in [6.07, 6.45) is 1.67. The third-order valence-electron chi connectivity index (χ3n) is 5.55. The van der Waals surface area contributed by atoms with E-state index in [1.54, 1.807) is 0 Å². The van der Waals surface area contributed by atoms with Gasteiger partial charge in [-0.1, -0.05) is 41.9 Å². The number of aromatic nitrogens is 2. The highest BCUT2D eigenvalue weighted by molar-refractivity contribution is 6.31. The van der Waals surface area contributed by atoms with Crippen LogP contribution < -0.4 is 0 Å².